The van der Waals surface area contributed by atoms with E-state index in [-0.39, 0.29) is 18.1 Å². The van der Waals surface area contributed by atoms with Crippen molar-refractivity contribution in [3.8, 4) is 0 Å². The second-order valence-corrected chi connectivity index (χ2v) is 6.73. The number of pyridine rings is 1. The summed E-state index contributed by atoms with van der Waals surface area (Å²) in [5, 5.41) is 7.12. The first-order valence-electron chi connectivity index (χ1n) is 9.35. The first-order valence-corrected chi connectivity index (χ1v) is 9.35. The molecule has 6 heteroatoms. The number of carbonyl (C=O) groups excluding carboxylic acids is 1. The molecule has 0 amide bonds. The van der Waals surface area contributed by atoms with Gasteiger partial charge in [-0.25, -0.2) is 0 Å². The van der Waals surface area contributed by atoms with Gasteiger partial charge in [-0.05, 0) is 65.0 Å². The van der Waals surface area contributed by atoms with Gasteiger partial charge in [-0.15, -0.1) is 0 Å². The highest BCUT2D eigenvalue weighted by Crippen LogP contribution is 2.15. The normalized spacial score (nSPS) is 23.6. The van der Waals surface area contributed by atoms with Gasteiger partial charge in [0.25, 0.3) is 0 Å². The number of fused-ring (bicyclic) bond motifs is 2. The van der Waals surface area contributed by atoms with E-state index in [4.69, 9.17) is 9.72 Å². The van der Waals surface area contributed by atoms with Crippen LogP contribution in [-0.4, -0.2) is 55.2 Å². The third-order valence-electron chi connectivity index (χ3n) is 4.60. The van der Waals surface area contributed by atoms with Gasteiger partial charge in [0.15, 0.2) is 0 Å². The molecular formula is C19H32N4O2. The Morgan fingerprint density at radius 1 is 1.16 bits per heavy atom. The predicted octanol–water partition coefficient (Wildman–Crippen LogP) is 2.04. The van der Waals surface area contributed by atoms with E-state index in [9.17, 15) is 4.79 Å². The number of hydrogen-bond donors (Lipinski definition) is 2. The van der Waals surface area contributed by atoms with E-state index in [1.807, 2.05) is 0 Å². The van der Waals surface area contributed by atoms with Crippen molar-refractivity contribution in [3.63, 3.8) is 0 Å². The van der Waals surface area contributed by atoms with Crippen LogP contribution in [0.5, 0.6) is 0 Å². The molecule has 0 saturated heterocycles. The minimum Gasteiger partial charge on any atom is -0.465 e. The lowest BCUT2D eigenvalue weighted by Crippen LogP contribution is -2.34. The van der Waals surface area contributed by atoms with Gasteiger partial charge in [-0.2, -0.15) is 0 Å². The number of nitrogens with one attached hydrogen (secondary N) is 2. The van der Waals surface area contributed by atoms with Crippen LogP contribution in [0.3, 0.4) is 0 Å². The van der Waals surface area contributed by atoms with Crippen LogP contribution in [0.25, 0.3) is 0 Å². The largest absolute Gasteiger partial charge is 0.465 e. The summed E-state index contributed by atoms with van der Waals surface area (Å²) in [5.41, 5.74) is 2.19. The van der Waals surface area contributed by atoms with E-state index >= 15 is 0 Å². The summed E-state index contributed by atoms with van der Waals surface area (Å²) in [4.78, 5) is 18.1. The van der Waals surface area contributed by atoms with E-state index in [2.05, 4.69) is 47.6 Å². The highest BCUT2D eigenvalue weighted by molar-refractivity contribution is 5.65. The van der Waals surface area contributed by atoms with E-state index < -0.39 is 0 Å². The third-order valence-corrected chi connectivity index (χ3v) is 4.60. The summed E-state index contributed by atoms with van der Waals surface area (Å²) < 4.78 is 5.10. The summed E-state index contributed by atoms with van der Waals surface area (Å²) in [6, 6.07) is 6.75. The Hall–Kier alpha value is -1.50. The molecule has 0 aromatic carbocycles. The first kappa shape index (κ1) is 19.8. The fourth-order valence-corrected chi connectivity index (χ4v) is 3.06. The number of nitrogens with zero attached hydrogens (tertiary/aromatic N) is 2. The number of hydrogen-bond acceptors (Lipinski definition) is 6. The van der Waals surface area contributed by atoms with E-state index in [0.717, 1.165) is 57.0 Å². The summed E-state index contributed by atoms with van der Waals surface area (Å²) in [6.07, 6.45) is 2.13. The number of aromatic nitrogens is 1. The molecule has 1 aliphatic rings. The van der Waals surface area contributed by atoms with Crippen LogP contribution < -0.4 is 10.6 Å². The van der Waals surface area contributed by atoms with Crippen molar-refractivity contribution < 1.29 is 9.53 Å². The van der Waals surface area contributed by atoms with Gasteiger partial charge in [-0.3, -0.25) is 14.7 Å². The van der Waals surface area contributed by atoms with Gasteiger partial charge in [-0.1, -0.05) is 6.07 Å². The van der Waals surface area contributed by atoms with Crippen LogP contribution in [0.1, 0.15) is 57.1 Å². The van der Waals surface area contributed by atoms with Crippen LogP contribution in [0.15, 0.2) is 18.2 Å². The average molecular weight is 348 g/mol. The highest BCUT2D eigenvalue weighted by atomic mass is 16.5. The van der Waals surface area contributed by atoms with Crippen molar-refractivity contribution in [3.05, 3.63) is 29.6 Å². The maximum absolute atomic E-state index is 10.9. The average Bonchev–Trinajstić information content (AvgIpc) is 2.60. The lowest BCUT2D eigenvalue weighted by atomic mass is 10.1. The second-order valence-electron chi connectivity index (χ2n) is 6.73. The van der Waals surface area contributed by atoms with Crippen LogP contribution >= 0.6 is 0 Å². The second kappa shape index (κ2) is 10.5. The molecule has 0 saturated carbocycles. The van der Waals surface area contributed by atoms with Gasteiger partial charge in [0.2, 0.25) is 0 Å². The fraction of sp³-hybridized carbons (Fsp3) is 0.684. The van der Waals surface area contributed by atoms with Crippen LogP contribution in [-0.2, 0) is 9.53 Å². The Bertz CT molecular complexity index is 505. The molecule has 25 heavy (non-hydrogen) atoms. The zero-order valence-corrected chi connectivity index (χ0v) is 15.8. The molecule has 0 fully saturated rings. The quantitative estimate of drug-likeness (QED) is 0.815. The molecule has 0 radical (unpaired) electrons. The molecule has 2 heterocycles. The maximum atomic E-state index is 10.9. The molecule has 2 bridgehead atoms. The van der Waals surface area contributed by atoms with Gasteiger partial charge in [0.05, 0.1) is 11.4 Å². The molecule has 1 aromatic heterocycles. The lowest BCUT2D eigenvalue weighted by Gasteiger charge is -2.24. The first-order chi connectivity index (χ1) is 12.1. The molecule has 2 rings (SSSR count). The highest BCUT2D eigenvalue weighted by Gasteiger charge is 2.13. The van der Waals surface area contributed by atoms with Crippen molar-refractivity contribution in [2.45, 2.75) is 45.7 Å². The van der Waals surface area contributed by atoms with Gasteiger partial charge < -0.3 is 15.4 Å². The fourth-order valence-electron chi connectivity index (χ4n) is 3.06. The zero-order chi connectivity index (χ0) is 18.1. The number of rotatable bonds is 3. The molecule has 0 unspecified atom stereocenters. The van der Waals surface area contributed by atoms with Gasteiger partial charge in [0, 0.05) is 25.6 Å². The molecular weight excluding hydrogens is 316 g/mol. The molecule has 0 spiro atoms. The monoisotopic (exact) mass is 348 g/mol. The molecule has 2 atom stereocenters. The maximum Gasteiger partial charge on any atom is 0.302 e. The molecule has 0 aliphatic carbocycles. The number of carbonyl (C=O) groups is 1. The predicted molar refractivity (Wildman–Crippen MR) is 99.4 cm³/mol. The Morgan fingerprint density at radius 3 is 2.24 bits per heavy atom. The van der Waals surface area contributed by atoms with Gasteiger partial charge in [0.1, 0.15) is 6.61 Å². The summed E-state index contributed by atoms with van der Waals surface area (Å²) >= 11 is 0. The Kier molecular flexibility index (Phi) is 8.31. The van der Waals surface area contributed by atoms with E-state index in [0.29, 0.717) is 6.61 Å². The van der Waals surface area contributed by atoms with Crippen molar-refractivity contribution in [2.75, 3.05) is 39.3 Å². The Balaban J connectivity index is 1.94. The van der Waals surface area contributed by atoms with Crippen LogP contribution in [0.4, 0.5) is 0 Å². The van der Waals surface area contributed by atoms with Crippen LogP contribution in [0, 0.1) is 0 Å². The van der Waals surface area contributed by atoms with Crippen molar-refractivity contribution >= 4 is 5.97 Å². The molecule has 2 N–H and O–H groups in total. The van der Waals surface area contributed by atoms with Crippen molar-refractivity contribution in [1.29, 1.82) is 0 Å². The summed E-state index contributed by atoms with van der Waals surface area (Å²) in [6.45, 7) is 11.0. The third kappa shape index (κ3) is 7.10. The standard InChI is InChI=1S/C19H32N4O2/c1-15-18-7-4-8-19(22-18)16(2)21-10-6-12-23(11-5-9-20-15)13-14-25-17(3)24/h4,7-8,15-16,20-21H,5-6,9-14H2,1-3H3/t15-,16-/m1/s1. The topological polar surface area (TPSA) is 66.5 Å². The Labute approximate surface area is 151 Å². The SMILES string of the molecule is CC(=O)OCCN1CCCN[C@H](C)c2cccc(n2)[C@@H](C)NCCC1. The lowest BCUT2D eigenvalue weighted by molar-refractivity contribution is -0.141. The van der Waals surface area contributed by atoms with E-state index in [1.54, 1.807) is 0 Å². The van der Waals surface area contributed by atoms with Crippen molar-refractivity contribution in [2.24, 2.45) is 0 Å². The minimum absolute atomic E-state index is 0.207. The van der Waals surface area contributed by atoms with Gasteiger partial charge >= 0.3 is 5.97 Å². The Morgan fingerprint density at radius 2 is 1.72 bits per heavy atom. The summed E-state index contributed by atoms with van der Waals surface area (Å²) in [5.74, 6) is -0.207. The number of ether oxygens (including phenoxy) is 1. The smallest absolute Gasteiger partial charge is 0.302 e. The van der Waals surface area contributed by atoms with Crippen LogP contribution in [0.2, 0.25) is 0 Å². The molecule has 1 aliphatic heterocycles. The van der Waals surface area contributed by atoms with Crippen molar-refractivity contribution in [1.82, 2.24) is 20.5 Å². The minimum atomic E-state index is -0.207. The summed E-state index contributed by atoms with van der Waals surface area (Å²) in [7, 11) is 0. The number of esters is 1. The molecule has 6 nitrogen and oxygen atoms in total. The molecule has 1 aromatic rings. The van der Waals surface area contributed by atoms with E-state index in [1.165, 1.54) is 6.92 Å². The molecule has 140 valence electrons. The zero-order valence-electron chi connectivity index (χ0n) is 15.8.